The molecule has 33 heavy (non-hydrogen) atoms. The van der Waals surface area contributed by atoms with E-state index in [1.165, 1.54) is 0 Å². The van der Waals surface area contributed by atoms with Crippen molar-refractivity contribution in [2.45, 2.75) is 0 Å². The van der Waals surface area contributed by atoms with E-state index in [-0.39, 0.29) is 5.91 Å². The van der Waals surface area contributed by atoms with Crippen molar-refractivity contribution < 1.29 is 9.53 Å². The van der Waals surface area contributed by atoms with Gasteiger partial charge in [-0.2, -0.15) is 0 Å². The average Bonchev–Trinajstić information content (AvgIpc) is 2.86. The number of halogens is 1. The molecule has 0 aliphatic rings. The van der Waals surface area contributed by atoms with E-state index < -0.39 is 0 Å². The molecule has 0 saturated carbocycles. The summed E-state index contributed by atoms with van der Waals surface area (Å²) in [6, 6.07) is 33.8. The molecule has 1 heterocycles. The number of amides is 1. The fraction of sp³-hybridized carbons (Fsp3) is 0. The fourth-order valence-electron chi connectivity index (χ4n) is 3.61. The van der Waals surface area contributed by atoms with E-state index in [4.69, 9.17) is 21.3 Å². The van der Waals surface area contributed by atoms with E-state index >= 15 is 0 Å². The molecule has 0 bridgehead atoms. The van der Waals surface area contributed by atoms with Crippen molar-refractivity contribution >= 4 is 34.1 Å². The van der Waals surface area contributed by atoms with Crippen LogP contribution in [0.5, 0.6) is 11.5 Å². The van der Waals surface area contributed by atoms with Crippen LogP contribution in [0.2, 0.25) is 5.02 Å². The SMILES string of the molecule is O=C(Nc1cc(Cl)ccc1Oc1ccccc1)c1cc(-c2ccccc2)nc2ccccc12. The van der Waals surface area contributed by atoms with Crippen molar-refractivity contribution in [3.05, 3.63) is 120 Å². The number of pyridine rings is 1. The van der Waals surface area contributed by atoms with Crippen LogP contribution >= 0.6 is 11.6 Å². The molecule has 0 aliphatic heterocycles. The molecule has 1 aromatic heterocycles. The molecule has 0 spiro atoms. The highest BCUT2D eigenvalue weighted by molar-refractivity contribution is 6.31. The van der Waals surface area contributed by atoms with Crippen molar-refractivity contribution in [1.82, 2.24) is 4.98 Å². The number of nitrogens with zero attached hydrogens (tertiary/aromatic N) is 1. The molecule has 1 amide bonds. The molecule has 5 aromatic rings. The van der Waals surface area contributed by atoms with E-state index in [1.807, 2.05) is 91.0 Å². The van der Waals surface area contributed by atoms with Crippen molar-refractivity contribution in [1.29, 1.82) is 0 Å². The number of carbonyl (C=O) groups excluding carboxylic acids is 1. The Hall–Kier alpha value is -4.15. The number of nitrogens with one attached hydrogen (secondary N) is 1. The summed E-state index contributed by atoms with van der Waals surface area (Å²) in [7, 11) is 0. The normalized spacial score (nSPS) is 10.7. The van der Waals surface area contributed by atoms with Gasteiger partial charge < -0.3 is 10.1 Å². The number of hydrogen-bond donors (Lipinski definition) is 1. The Morgan fingerprint density at radius 2 is 1.48 bits per heavy atom. The summed E-state index contributed by atoms with van der Waals surface area (Å²) in [6.07, 6.45) is 0. The van der Waals surface area contributed by atoms with Crippen LogP contribution in [0.25, 0.3) is 22.2 Å². The second kappa shape index (κ2) is 9.15. The van der Waals surface area contributed by atoms with Crippen LogP contribution in [0.15, 0.2) is 109 Å². The van der Waals surface area contributed by atoms with Crippen LogP contribution in [0, 0.1) is 0 Å². The Balaban J connectivity index is 1.54. The molecule has 0 radical (unpaired) electrons. The molecule has 160 valence electrons. The molecule has 0 fully saturated rings. The number of ether oxygens (including phenoxy) is 1. The molecule has 4 nitrogen and oxygen atoms in total. The van der Waals surface area contributed by atoms with Gasteiger partial charge in [-0.05, 0) is 42.5 Å². The van der Waals surface area contributed by atoms with Crippen LogP contribution < -0.4 is 10.1 Å². The lowest BCUT2D eigenvalue weighted by Gasteiger charge is -2.14. The van der Waals surface area contributed by atoms with E-state index in [1.54, 1.807) is 18.2 Å². The maximum atomic E-state index is 13.5. The Kier molecular flexibility index (Phi) is 5.75. The minimum Gasteiger partial charge on any atom is -0.455 e. The van der Waals surface area contributed by atoms with Crippen LogP contribution in [0.1, 0.15) is 10.4 Å². The molecule has 0 unspecified atom stereocenters. The molecule has 5 heteroatoms. The molecular weight excluding hydrogens is 432 g/mol. The number of para-hydroxylation sites is 2. The number of carbonyl (C=O) groups is 1. The highest BCUT2D eigenvalue weighted by Gasteiger charge is 2.16. The summed E-state index contributed by atoms with van der Waals surface area (Å²) in [4.78, 5) is 18.2. The van der Waals surface area contributed by atoms with Crippen LogP contribution in [0.4, 0.5) is 5.69 Å². The van der Waals surface area contributed by atoms with E-state index in [9.17, 15) is 4.79 Å². The molecule has 0 aliphatic carbocycles. The second-order valence-electron chi connectivity index (χ2n) is 7.45. The van der Waals surface area contributed by atoms with Crippen molar-refractivity contribution in [2.75, 3.05) is 5.32 Å². The largest absolute Gasteiger partial charge is 0.455 e. The van der Waals surface area contributed by atoms with Gasteiger partial charge in [0, 0.05) is 16.0 Å². The van der Waals surface area contributed by atoms with Gasteiger partial charge in [0.15, 0.2) is 5.75 Å². The first kappa shape index (κ1) is 20.7. The number of anilines is 1. The lowest BCUT2D eigenvalue weighted by atomic mass is 10.0. The average molecular weight is 451 g/mol. The van der Waals surface area contributed by atoms with E-state index in [0.717, 1.165) is 22.2 Å². The number of aromatic nitrogens is 1. The summed E-state index contributed by atoms with van der Waals surface area (Å²) in [5.74, 6) is 0.891. The lowest BCUT2D eigenvalue weighted by molar-refractivity contribution is 0.102. The standard InChI is InChI=1S/C28H19ClN2O2/c29-20-15-16-27(33-21-11-5-2-6-12-21)26(17-20)31-28(32)23-18-25(19-9-3-1-4-10-19)30-24-14-8-7-13-22(23)24/h1-18H,(H,31,32). The third-order valence-corrected chi connectivity index (χ3v) is 5.43. The minimum atomic E-state index is -0.272. The number of hydrogen-bond acceptors (Lipinski definition) is 3. The summed E-state index contributed by atoms with van der Waals surface area (Å²) >= 11 is 6.23. The Morgan fingerprint density at radius 1 is 0.788 bits per heavy atom. The van der Waals surface area contributed by atoms with Crippen LogP contribution in [-0.2, 0) is 0 Å². The molecule has 0 saturated heterocycles. The van der Waals surface area contributed by atoms with E-state index in [0.29, 0.717) is 27.8 Å². The van der Waals surface area contributed by atoms with Gasteiger partial charge in [0.1, 0.15) is 5.75 Å². The van der Waals surface area contributed by atoms with Gasteiger partial charge in [-0.3, -0.25) is 4.79 Å². The predicted molar refractivity (Wildman–Crippen MR) is 133 cm³/mol. The Bertz CT molecular complexity index is 1440. The van der Waals surface area contributed by atoms with E-state index in [2.05, 4.69) is 5.32 Å². The van der Waals surface area contributed by atoms with Gasteiger partial charge in [0.25, 0.3) is 5.91 Å². The Labute approximate surface area is 196 Å². The number of benzene rings is 4. The van der Waals surface area contributed by atoms with Gasteiger partial charge in [-0.25, -0.2) is 4.98 Å². The summed E-state index contributed by atoms with van der Waals surface area (Å²) in [5, 5.41) is 4.24. The summed E-state index contributed by atoms with van der Waals surface area (Å²) < 4.78 is 6.00. The van der Waals surface area contributed by atoms with Gasteiger partial charge in [0.05, 0.1) is 22.5 Å². The maximum Gasteiger partial charge on any atom is 0.256 e. The fourth-order valence-corrected chi connectivity index (χ4v) is 3.79. The van der Waals surface area contributed by atoms with Crippen molar-refractivity contribution in [3.63, 3.8) is 0 Å². The van der Waals surface area contributed by atoms with Crippen molar-refractivity contribution in [2.24, 2.45) is 0 Å². The lowest BCUT2D eigenvalue weighted by Crippen LogP contribution is -2.14. The highest BCUT2D eigenvalue weighted by Crippen LogP contribution is 2.33. The van der Waals surface area contributed by atoms with Crippen LogP contribution in [0.3, 0.4) is 0 Å². The van der Waals surface area contributed by atoms with Gasteiger partial charge >= 0.3 is 0 Å². The topological polar surface area (TPSA) is 51.2 Å². The van der Waals surface area contributed by atoms with Crippen LogP contribution in [-0.4, -0.2) is 10.9 Å². The third-order valence-electron chi connectivity index (χ3n) is 5.19. The predicted octanol–water partition coefficient (Wildman–Crippen LogP) is 7.60. The first-order valence-corrected chi connectivity index (χ1v) is 10.8. The second-order valence-corrected chi connectivity index (χ2v) is 7.88. The molecular formula is C28H19ClN2O2. The van der Waals surface area contributed by atoms with Crippen molar-refractivity contribution in [3.8, 4) is 22.8 Å². The zero-order valence-electron chi connectivity index (χ0n) is 17.5. The Morgan fingerprint density at radius 3 is 2.27 bits per heavy atom. The smallest absolute Gasteiger partial charge is 0.256 e. The van der Waals surface area contributed by atoms with Gasteiger partial charge in [0.2, 0.25) is 0 Å². The first-order chi connectivity index (χ1) is 16.2. The zero-order valence-corrected chi connectivity index (χ0v) is 18.3. The first-order valence-electron chi connectivity index (χ1n) is 10.5. The molecule has 1 N–H and O–H groups in total. The minimum absolute atomic E-state index is 0.272. The number of rotatable bonds is 5. The third kappa shape index (κ3) is 4.56. The molecule has 4 aromatic carbocycles. The zero-order chi connectivity index (χ0) is 22.6. The van der Waals surface area contributed by atoms with Gasteiger partial charge in [-0.1, -0.05) is 78.3 Å². The summed E-state index contributed by atoms with van der Waals surface area (Å²) in [5.41, 5.74) is 3.42. The highest BCUT2D eigenvalue weighted by atomic mass is 35.5. The molecule has 5 rings (SSSR count). The van der Waals surface area contributed by atoms with Gasteiger partial charge in [-0.15, -0.1) is 0 Å². The quantitative estimate of drug-likeness (QED) is 0.300. The molecule has 0 atom stereocenters. The number of fused-ring (bicyclic) bond motifs is 1. The summed E-state index contributed by atoms with van der Waals surface area (Å²) in [6.45, 7) is 0. The monoisotopic (exact) mass is 450 g/mol. The maximum absolute atomic E-state index is 13.5.